The van der Waals surface area contributed by atoms with Gasteiger partial charge in [-0.15, -0.1) is 0 Å². The van der Waals surface area contributed by atoms with Crippen molar-refractivity contribution in [1.82, 2.24) is 15.5 Å². The molecule has 2 atom stereocenters. The van der Waals surface area contributed by atoms with Crippen LogP contribution in [0.1, 0.15) is 71.0 Å². The summed E-state index contributed by atoms with van der Waals surface area (Å²) in [6.45, 7) is 10.8. The fourth-order valence-electron chi connectivity index (χ4n) is 3.54. The summed E-state index contributed by atoms with van der Waals surface area (Å²) in [5.41, 5.74) is 0.912. The Labute approximate surface area is 201 Å². The molecule has 2 N–H and O–H groups in total. The van der Waals surface area contributed by atoms with Crippen LogP contribution in [0.15, 0.2) is 24.3 Å². The van der Waals surface area contributed by atoms with Crippen molar-refractivity contribution in [1.29, 1.82) is 0 Å². The van der Waals surface area contributed by atoms with Crippen LogP contribution in [0.3, 0.4) is 0 Å². The Hall–Kier alpha value is -3.10. The summed E-state index contributed by atoms with van der Waals surface area (Å²) in [4.78, 5) is 52.3. The fourth-order valence-corrected chi connectivity index (χ4v) is 3.54. The highest BCUT2D eigenvalue weighted by molar-refractivity contribution is 5.92. The third kappa shape index (κ3) is 8.35. The molecule has 1 aliphatic rings. The van der Waals surface area contributed by atoms with Gasteiger partial charge in [-0.05, 0) is 59.9 Å². The van der Waals surface area contributed by atoms with E-state index in [1.165, 1.54) is 0 Å². The number of carbonyl (C=O) groups excluding carboxylic acids is 4. The van der Waals surface area contributed by atoms with E-state index in [-0.39, 0.29) is 37.4 Å². The lowest BCUT2D eigenvalue weighted by Crippen LogP contribution is -2.52. The Bertz CT molecular complexity index is 891. The molecule has 0 saturated heterocycles. The molecule has 3 amide bonds. The number of carbonyl (C=O) groups is 4. The van der Waals surface area contributed by atoms with Gasteiger partial charge in [-0.25, -0.2) is 4.79 Å². The fraction of sp³-hybridized carbons (Fsp3) is 0.600. The Morgan fingerprint density at radius 1 is 1.18 bits per heavy atom. The predicted octanol–water partition coefficient (Wildman–Crippen LogP) is 3.01. The molecule has 2 rings (SSSR count). The maximum atomic E-state index is 13.5. The zero-order valence-electron chi connectivity index (χ0n) is 21.0. The van der Waals surface area contributed by atoms with Gasteiger partial charge < -0.3 is 25.0 Å². The van der Waals surface area contributed by atoms with Crippen molar-refractivity contribution in [2.45, 2.75) is 84.5 Å². The van der Waals surface area contributed by atoms with Gasteiger partial charge in [0.05, 0.1) is 13.0 Å². The molecular formula is C25H37N3O6. The molecule has 34 heavy (non-hydrogen) atoms. The first-order valence-corrected chi connectivity index (χ1v) is 11.7. The van der Waals surface area contributed by atoms with Crippen molar-refractivity contribution in [2.24, 2.45) is 0 Å². The second-order valence-corrected chi connectivity index (χ2v) is 9.51. The highest BCUT2D eigenvalue weighted by Gasteiger charge is 2.43. The molecule has 0 aromatic heterocycles. The number of amides is 3. The smallest absolute Gasteiger partial charge is 0.408 e. The van der Waals surface area contributed by atoms with E-state index in [1.807, 2.05) is 25.1 Å². The van der Waals surface area contributed by atoms with Crippen LogP contribution in [0.5, 0.6) is 0 Å². The Morgan fingerprint density at radius 3 is 2.41 bits per heavy atom. The molecule has 1 saturated carbocycles. The number of aryl methyl sites for hydroxylation is 1. The molecule has 0 bridgehead atoms. The molecule has 9 nitrogen and oxygen atoms in total. The SMILES string of the molecule is CCOC(=O)CCNC(=O)C(c1cccc(C)c1)N(C(=O)C(C)NC(=O)OC(C)(C)C)C1CC1. The molecule has 2 unspecified atom stereocenters. The van der Waals surface area contributed by atoms with Gasteiger partial charge in [-0.2, -0.15) is 0 Å². The number of nitrogens with one attached hydrogen (secondary N) is 2. The van der Waals surface area contributed by atoms with Gasteiger partial charge in [0.15, 0.2) is 0 Å². The van der Waals surface area contributed by atoms with E-state index in [2.05, 4.69) is 10.6 Å². The summed E-state index contributed by atoms with van der Waals surface area (Å²) < 4.78 is 10.2. The van der Waals surface area contributed by atoms with Gasteiger partial charge in [0.25, 0.3) is 0 Å². The Kier molecular flexibility index (Phi) is 9.46. The quantitative estimate of drug-likeness (QED) is 0.503. The van der Waals surface area contributed by atoms with Gasteiger partial charge in [0, 0.05) is 12.6 Å². The third-order valence-electron chi connectivity index (χ3n) is 5.12. The zero-order chi connectivity index (χ0) is 25.5. The van der Waals surface area contributed by atoms with Crippen molar-refractivity contribution >= 4 is 23.9 Å². The van der Waals surface area contributed by atoms with Crippen molar-refractivity contribution in [3.05, 3.63) is 35.4 Å². The van der Waals surface area contributed by atoms with Crippen LogP contribution >= 0.6 is 0 Å². The number of ether oxygens (including phenoxy) is 2. The first kappa shape index (κ1) is 27.1. The average molecular weight is 476 g/mol. The van der Waals surface area contributed by atoms with Crippen LogP contribution in [-0.2, 0) is 23.9 Å². The highest BCUT2D eigenvalue weighted by atomic mass is 16.6. The van der Waals surface area contributed by atoms with Gasteiger partial charge in [-0.1, -0.05) is 29.8 Å². The normalized spacial score (nSPS) is 15.0. The molecule has 0 radical (unpaired) electrons. The minimum Gasteiger partial charge on any atom is -0.466 e. The van der Waals surface area contributed by atoms with Gasteiger partial charge in [0.2, 0.25) is 11.8 Å². The number of nitrogens with zero attached hydrogens (tertiary/aromatic N) is 1. The minimum absolute atomic E-state index is 0.0358. The lowest BCUT2D eigenvalue weighted by molar-refractivity contribution is -0.144. The monoisotopic (exact) mass is 475 g/mol. The molecular weight excluding hydrogens is 438 g/mol. The molecule has 0 heterocycles. The Morgan fingerprint density at radius 2 is 1.85 bits per heavy atom. The molecule has 1 aromatic rings. The second-order valence-electron chi connectivity index (χ2n) is 9.51. The summed E-state index contributed by atoms with van der Waals surface area (Å²) in [6.07, 6.45) is 0.871. The maximum absolute atomic E-state index is 13.5. The summed E-state index contributed by atoms with van der Waals surface area (Å²) >= 11 is 0. The molecule has 188 valence electrons. The second kappa shape index (κ2) is 11.9. The van der Waals surface area contributed by atoms with Crippen LogP contribution < -0.4 is 10.6 Å². The van der Waals surface area contributed by atoms with E-state index < -0.39 is 29.7 Å². The first-order chi connectivity index (χ1) is 15.9. The first-order valence-electron chi connectivity index (χ1n) is 11.7. The number of alkyl carbamates (subject to hydrolysis) is 1. The standard InChI is InChI=1S/C25H37N3O6/c1-7-33-20(29)13-14-26-22(30)21(18-10-8-9-16(2)15-18)28(19-11-12-19)23(31)17(3)27-24(32)34-25(4,5)6/h8-10,15,17,19,21H,7,11-14H2,1-6H3,(H,26,30)(H,27,32). The Balaban J connectivity index is 2.25. The van der Waals surface area contributed by atoms with E-state index >= 15 is 0 Å². The number of hydrogen-bond acceptors (Lipinski definition) is 6. The van der Waals surface area contributed by atoms with Gasteiger partial charge in [0.1, 0.15) is 17.7 Å². The van der Waals surface area contributed by atoms with Crippen LogP contribution in [0, 0.1) is 6.92 Å². The van der Waals surface area contributed by atoms with Crippen LogP contribution in [0.25, 0.3) is 0 Å². The lowest BCUT2D eigenvalue weighted by atomic mass is 10.0. The van der Waals surface area contributed by atoms with E-state index in [1.54, 1.807) is 45.6 Å². The van der Waals surface area contributed by atoms with E-state index in [0.717, 1.165) is 18.4 Å². The lowest BCUT2D eigenvalue weighted by Gasteiger charge is -2.34. The van der Waals surface area contributed by atoms with Crippen molar-refractivity contribution < 1.29 is 28.7 Å². The molecule has 0 spiro atoms. The number of esters is 1. The third-order valence-corrected chi connectivity index (χ3v) is 5.12. The van der Waals surface area contributed by atoms with E-state index in [9.17, 15) is 19.2 Å². The minimum atomic E-state index is -0.898. The van der Waals surface area contributed by atoms with E-state index in [4.69, 9.17) is 9.47 Å². The van der Waals surface area contributed by atoms with Crippen LogP contribution in [0.2, 0.25) is 0 Å². The van der Waals surface area contributed by atoms with Crippen molar-refractivity contribution in [2.75, 3.05) is 13.2 Å². The van der Waals surface area contributed by atoms with Crippen LogP contribution in [0.4, 0.5) is 4.79 Å². The summed E-state index contributed by atoms with van der Waals surface area (Å²) in [7, 11) is 0. The van der Waals surface area contributed by atoms with Crippen LogP contribution in [-0.4, -0.2) is 59.6 Å². The van der Waals surface area contributed by atoms with E-state index in [0.29, 0.717) is 5.56 Å². The number of hydrogen-bond donors (Lipinski definition) is 2. The average Bonchev–Trinajstić information content (AvgIpc) is 3.55. The molecule has 1 aliphatic carbocycles. The van der Waals surface area contributed by atoms with Crippen molar-refractivity contribution in [3.63, 3.8) is 0 Å². The summed E-state index contributed by atoms with van der Waals surface area (Å²) in [5.74, 6) is -1.17. The van der Waals surface area contributed by atoms with Gasteiger partial charge in [-0.3, -0.25) is 14.4 Å². The molecule has 9 heteroatoms. The van der Waals surface area contributed by atoms with Gasteiger partial charge >= 0.3 is 12.1 Å². The molecule has 1 aromatic carbocycles. The highest BCUT2D eigenvalue weighted by Crippen LogP contribution is 2.35. The maximum Gasteiger partial charge on any atom is 0.408 e. The summed E-state index contributed by atoms with van der Waals surface area (Å²) in [6, 6.07) is 5.51. The molecule has 1 fully saturated rings. The molecule has 0 aliphatic heterocycles. The predicted molar refractivity (Wildman–Crippen MR) is 127 cm³/mol. The summed E-state index contributed by atoms with van der Waals surface area (Å²) in [5, 5.41) is 5.36. The largest absolute Gasteiger partial charge is 0.466 e. The number of rotatable bonds is 10. The zero-order valence-corrected chi connectivity index (χ0v) is 21.0. The number of benzene rings is 1. The topological polar surface area (TPSA) is 114 Å². The van der Waals surface area contributed by atoms with Crippen molar-refractivity contribution in [3.8, 4) is 0 Å².